The van der Waals surface area contributed by atoms with Crippen LogP contribution in [0.5, 0.6) is 5.75 Å². The van der Waals surface area contributed by atoms with Crippen LogP contribution in [0.4, 0.5) is 15.8 Å². The number of aliphatic imine (C=N–C) groups is 1. The van der Waals surface area contributed by atoms with E-state index in [1.165, 1.54) is 17.4 Å². The maximum atomic E-state index is 13.7. The van der Waals surface area contributed by atoms with Crippen molar-refractivity contribution in [3.63, 3.8) is 0 Å². The minimum Gasteiger partial charge on any atom is -0.505 e. The zero-order valence-electron chi connectivity index (χ0n) is 18.0. The summed E-state index contributed by atoms with van der Waals surface area (Å²) in [5.41, 5.74) is 13.7. The molecule has 0 radical (unpaired) electrons. The number of nitrogen functional groups attached to an aromatic ring is 1. The summed E-state index contributed by atoms with van der Waals surface area (Å²) in [5.74, 6) is -0.996. The summed E-state index contributed by atoms with van der Waals surface area (Å²) in [5, 5.41) is 19.4. The summed E-state index contributed by atoms with van der Waals surface area (Å²) >= 11 is 1.40. The van der Waals surface area contributed by atoms with E-state index < -0.39 is 20.1 Å². The molecule has 11 heteroatoms. The molecule has 0 bridgehead atoms. The average Bonchev–Trinajstić information content (AvgIpc) is 3.34. The minimum absolute atomic E-state index is 0.0305. The fraction of sp³-hybridized carbons (Fsp3) is 0.0870. The van der Waals surface area contributed by atoms with Gasteiger partial charge in [-0.15, -0.1) is 0 Å². The van der Waals surface area contributed by atoms with Gasteiger partial charge >= 0.3 is 0 Å². The Morgan fingerprint density at radius 1 is 1.26 bits per heavy atom. The number of benzene rings is 2. The van der Waals surface area contributed by atoms with Crippen LogP contribution in [0.3, 0.4) is 0 Å². The minimum atomic E-state index is -0.664. The number of anilines is 1. The number of hydrogen-bond donors (Lipinski definition) is 4. The third kappa shape index (κ3) is 4.70. The molecule has 0 spiro atoms. The van der Waals surface area contributed by atoms with E-state index in [4.69, 9.17) is 11.5 Å². The molecule has 0 saturated heterocycles. The van der Waals surface area contributed by atoms with Gasteiger partial charge in [-0.25, -0.2) is 14.1 Å². The molecule has 2 aromatic heterocycles. The Kier molecular flexibility index (Phi) is 6.74. The highest BCUT2D eigenvalue weighted by Crippen LogP contribution is 2.30. The molecule has 1 atom stereocenters. The van der Waals surface area contributed by atoms with Crippen LogP contribution in [0.25, 0.3) is 11.3 Å². The molecular weight excluding hydrogens is 476 g/mol. The molecule has 2 aromatic carbocycles. The molecule has 34 heavy (non-hydrogen) atoms. The third-order valence-electron chi connectivity index (χ3n) is 5.12. The van der Waals surface area contributed by atoms with Gasteiger partial charge in [0.05, 0.1) is 12.2 Å². The molecule has 0 aliphatic carbocycles. The quantitative estimate of drug-likeness (QED) is 0.140. The molecular formula is C23H21FN5O3PS. The molecule has 0 saturated carbocycles. The molecule has 4 aromatic rings. The molecule has 8 nitrogen and oxygen atoms in total. The van der Waals surface area contributed by atoms with Gasteiger partial charge < -0.3 is 21.5 Å². The maximum absolute atomic E-state index is 13.7. The molecule has 2 heterocycles. The first kappa shape index (κ1) is 23.6. The topological polar surface area (TPSA) is 140 Å². The first-order valence-corrected chi connectivity index (χ1v) is 11.9. The van der Waals surface area contributed by atoms with Crippen molar-refractivity contribution >= 4 is 42.7 Å². The van der Waals surface area contributed by atoms with E-state index in [2.05, 4.69) is 10.1 Å². The van der Waals surface area contributed by atoms with E-state index in [9.17, 15) is 19.2 Å². The molecule has 0 fully saturated rings. The van der Waals surface area contributed by atoms with Crippen LogP contribution in [-0.4, -0.2) is 25.6 Å². The highest BCUT2D eigenvalue weighted by atomic mass is 32.1. The molecule has 174 valence electrons. The van der Waals surface area contributed by atoms with Crippen molar-refractivity contribution in [3.05, 3.63) is 86.1 Å². The van der Waals surface area contributed by atoms with Crippen LogP contribution in [0, 0.1) is 12.7 Å². The molecule has 4 rings (SSSR count). The standard InChI is InChI=1S/C23H21FN5O3PS/c1-12-8-13(2-4-16(12)24)10-29-23(31)19(21(30)20(28-29)14-6-7-34-11-14)22(26)27-17-5-3-15(25)9-18(17)33-32/h2-9,11,30,32-33H,10,25H2,1H3,(H2,26,27). The predicted molar refractivity (Wildman–Crippen MR) is 135 cm³/mol. The van der Waals surface area contributed by atoms with Crippen molar-refractivity contribution in [1.29, 1.82) is 0 Å². The van der Waals surface area contributed by atoms with Crippen molar-refractivity contribution in [2.75, 3.05) is 5.73 Å². The van der Waals surface area contributed by atoms with Gasteiger partial charge in [-0.2, -0.15) is 16.4 Å². The second-order valence-corrected chi connectivity index (χ2v) is 9.06. The molecule has 0 aliphatic rings. The van der Waals surface area contributed by atoms with Gasteiger partial charge in [-0.05, 0) is 53.8 Å². The van der Waals surface area contributed by atoms with E-state index in [0.29, 0.717) is 33.4 Å². The number of hydrogen-bond acceptors (Lipinski definition) is 7. The first-order valence-electron chi connectivity index (χ1n) is 10.0. The van der Waals surface area contributed by atoms with Crippen LogP contribution in [-0.2, 0) is 6.54 Å². The number of aromatic hydroxyl groups is 1. The second-order valence-electron chi connectivity index (χ2n) is 7.52. The molecule has 0 aliphatic heterocycles. The van der Waals surface area contributed by atoms with Gasteiger partial charge in [-0.1, -0.05) is 12.1 Å². The Morgan fingerprint density at radius 3 is 2.74 bits per heavy atom. The highest BCUT2D eigenvalue weighted by Gasteiger charge is 2.22. The summed E-state index contributed by atoms with van der Waals surface area (Å²) in [7, 11) is -0.597. The summed E-state index contributed by atoms with van der Waals surface area (Å²) in [6.45, 7) is 1.66. The van der Waals surface area contributed by atoms with E-state index >= 15 is 0 Å². The van der Waals surface area contributed by atoms with Gasteiger partial charge in [0, 0.05) is 30.7 Å². The smallest absolute Gasteiger partial charge is 0.281 e. The second kappa shape index (κ2) is 9.72. The summed E-state index contributed by atoms with van der Waals surface area (Å²) in [6, 6.07) is 11.0. The third-order valence-corrected chi connectivity index (χ3v) is 6.44. The molecule has 1 unspecified atom stereocenters. The van der Waals surface area contributed by atoms with E-state index in [0.717, 1.165) is 4.68 Å². The Bertz CT molecular complexity index is 1450. The van der Waals surface area contributed by atoms with E-state index in [1.54, 1.807) is 48.7 Å². The number of aromatic nitrogens is 2. The Hall–Kier alpha value is -3.59. The van der Waals surface area contributed by atoms with Crippen molar-refractivity contribution in [3.8, 4) is 17.0 Å². The van der Waals surface area contributed by atoms with Crippen molar-refractivity contribution in [1.82, 2.24) is 9.78 Å². The van der Waals surface area contributed by atoms with Gasteiger partial charge in [0.15, 0.2) is 5.75 Å². The maximum Gasteiger partial charge on any atom is 0.281 e. The lowest BCUT2D eigenvalue weighted by atomic mass is 10.1. The van der Waals surface area contributed by atoms with E-state index in [-0.39, 0.29) is 29.5 Å². The lowest BCUT2D eigenvalue weighted by Crippen LogP contribution is -2.33. The summed E-state index contributed by atoms with van der Waals surface area (Å²) in [4.78, 5) is 27.3. The number of nitrogens with two attached hydrogens (primary N) is 2. The average molecular weight is 497 g/mol. The van der Waals surface area contributed by atoms with Crippen LogP contribution in [0.1, 0.15) is 16.7 Å². The lowest BCUT2D eigenvalue weighted by molar-refractivity contribution is 0.464. The normalized spacial score (nSPS) is 12.0. The molecule has 0 amide bonds. The first-order chi connectivity index (χ1) is 16.3. The Morgan fingerprint density at radius 2 is 2.06 bits per heavy atom. The van der Waals surface area contributed by atoms with Crippen LogP contribution >= 0.6 is 20.1 Å². The Labute approximate surface area is 199 Å². The zero-order valence-corrected chi connectivity index (χ0v) is 19.8. The van der Waals surface area contributed by atoms with Gasteiger partial charge in [0.25, 0.3) is 5.56 Å². The van der Waals surface area contributed by atoms with Crippen molar-refractivity contribution in [2.24, 2.45) is 10.7 Å². The lowest BCUT2D eigenvalue weighted by Gasteiger charge is -2.13. The SMILES string of the molecule is Cc1cc(Cn2nc(-c3ccsc3)c(O)c(C(N)=Nc3ccc(N)cc3PO)c2=O)ccc1F. The number of aryl methyl sites for hydroxylation is 1. The van der Waals surface area contributed by atoms with Crippen LogP contribution < -0.4 is 22.3 Å². The summed E-state index contributed by atoms with van der Waals surface area (Å²) < 4.78 is 14.9. The van der Waals surface area contributed by atoms with Crippen molar-refractivity contribution in [2.45, 2.75) is 13.5 Å². The fourth-order valence-electron chi connectivity index (χ4n) is 3.40. The molecule has 6 N–H and O–H groups in total. The fourth-order valence-corrected chi connectivity index (χ4v) is 4.52. The van der Waals surface area contributed by atoms with Gasteiger partial charge in [0.1, 0.15) is 22.9 Å². The van der Waals surface area contributed by atoms with Gasteiger partial charge in [-0.3, -0.25) is 4.79 Å². The van der Waals surface area contributed by atoms with E-state index in [1.807, 2.05) is 5.38 Å². The summed E-state index contributed by atoms with van der Waals surface area (Å²) in [6.07, 6.45) is 0. The number of rotatable bonds is 6. The monoisotopic (exact) mass is 497 g/mol. The number of amidine groups is 1. The highest BCUT2D eigenvalue weighted by molar-refractivity contribution is 7.41. The number of halogens is 1. The largest absolute Gasteiger partial charge is 0.505 e. The number of nitrogens with zero attached hydrogens (tertiary/aromatic N) is 3. The van der Waals surface area contributed by atoms with Crippen LogP contribution in [0.2, 0.25) is 0 Å². The van der Waals surface area contributed by atoms with Gasteiger partial charge in [0.2, 0.25) is 0 Å². The van der Waals surface area contributed by atoms with Crippen molar-refractivity contribution < 1.29 is 14.4 Å². The number of thiophene rings is 1. The zero-order chi connectivity index (χ0) is 24.4. The predicted octanol–water partition coefficient (Wildman–Crippen LogP) is 3.00. The Balaban J connectivity index is 1.89. The van der Waals surface area contributed by atoms with Crippen LogP contribution in [0.15, 0.2) is 63.0 Å².